The molecule has 0 amide bonds. The average molecular weight is 432 g/mol. The Labute approximate surface area is 170 Å². The van der Waals surface area contributed by atoms with E-state index in [2.05, 4.69) is 137 Å². The number of alkyl halides is 1. The molecule has 1 unspecified atom stereocenters. The molecule has 0 aliphatic carbocycles. The van der Waals surface area contributed by atoms with E-state index in [1.807, 2.05) is 0 Å². The van der Waals surface area contributed by atoms with Gasteiger partial charge in [-0.3, -0.25) is 0 Å². The van der Waals surface area contributed by atoms with Crippen LogP contribution in [0.25, 0.3) is 0 Å². The van der Waals surface area contributed by atoms with Gasteiger partial charge in [-0.1, -0.05) is 137 Å². The summed E-state index contributed by atoms with van der Waals surface area (Å²) < 4.78 is 0.193. The number of hydrogen-bond acceptors (Lipinski definition) is 0. The van der Waals surface area contributed by atoms with E-state index < -0.39 is 7.26 Å². The zero-order valence-electron chi connectivity index (χ0n) is 14.9. The van der Waals surface area contributed by atoms with E-state index in [0.29, 0.717) is 0 Å². The third-order valence-electron chi connectivity index (χ3n) is 4.91. The molecule has 4 rings (SSSR count). The Morgan fingerprint density at radius 1 is 0.444 bits per heavy atom. The fourth-order valence-corrected chi connectivity index (χ4v) is 10.3. The van der Waals surface area contributed by atoms with Crippen LogP contribution in [-0.4, -0.2) is 0 Å². The first kappa shape index (κ1) is 18.2. The molecule has 0 aromatic heterocycles. The Morgan fingerprint density at radius 2 is 0.741 bits per heavy atom. The predicted octanol–water partition coefficient (Wildman–Crippen LogP) is 6.07. The molecular formula is C25H21BrP. The molecule has 0 saturated heterocycles. The molecular weight excluding hydrogens is 411 g/mol. The highest BCUT2D eigenvalue weighted by atomic mass is 79.9. The van der Waals surface area contributed by atoms with Crippen LogP contribution in [0.2, 0.25) is 0 Å². The Morgan fingerprint density at radius 3 is 1.07 bits per heavy atom. The molecule has 0 N–H and O–H groups in total. The van der Waals surface area contributed by atoms with Gasteiger partial charge in [-0.05, 0) is 28.7 Å². The minimum Gasteiger partial charge on any atom is -0.0781 e. The van der Waals surface area contributed by atoms with Gasteiger partial charge in [0.2, 0.25) is 0 Å². The van der Waals surface area contributed by atoms with Gasteiger partial charge >= 0.3 is 0 Å². The maximum absolute atomic E-state index is 4.17. The SMILES string of the molecule is BrC(c1ccccc1)[P](c1ccccc1)(c1ccccc1)c1ccccc1. The maximum atomic E-state index is 4.17. The first-order valence-corrected chi connectivity index (χ1v) is 11.9. The fourth-order valence-electron chi connectivity index (χ4n) is 3.66. The van der Waals surface area contributed by atoms with Crippen molar-refractivity contribution in [2.75, 3.05) is 0 Å². The summed E-state index contributed by atoms with van der Waals surface area (Å²) in [5.41, 5.74) is 1.31. The van der Waals surface area contributed by atoms with Gasteiger partial charge < -0.3 is 0 Å². The van der Waals surface area contributed by atoms with Crippen LogP contribution in [0, 0.1) is 0 Å². The van der Waals surface area contributed by atoms with Gasteiger partial charge in [-0.25, -0.2) is 0 Å². The molecule has 0 nitrogen and oxygen atoms in total. The Bertz CT molecular complexity index is 873. The molecule has 0 aliphatic heterocycles. The summed E-state index contributed by atoms with van der Waals surface area (Å²) >= 11 is 4.17. The summed E-state index contributed by atoms with van der Waals surface area (Å²) in [5.74, 6) is 0. The molecule has 0 aliphatic rings. The molecule has 0 bridgehead atoms. The lowest BCUT2D eigenvalue weighted by atomic mass is 10.2. The molecule has 0 saturated carbocycles. The zero-order valence-corrected chi connectivity index (χ0v) is 17.4. The van der Waals surface area contributed by atoms with Crippen LogP contribution in [0.15, 0.2) is 121 Å². The molecule has 2 heteroatoms. The summed E-state index contributed by atoms with van der Waals surface area (Å²) in [6, 6.07) is 43.7. The maximum Gasteiger partial charge on any atom is 0.0674 e. The molecule has 0 spiro atoms. The largest absolute Gasteiger partial charge is 0.0781 e. The predicted molar refractivity (Wildman–Crippen MR) is 123 cm³/mol. The third kappa shape index (κ3) is 3.38. The summed E-state index contributed by atoms with van der Waals surface area (Å²) in [7, 11) is -1.95. The second kappa shape index (κ2) is 8.21. The monoisotopic (exact) mass is 431 g/mol. The van der Waals surface area contributed by atoms with Gasteiger partial charge in [-0.15, -0.1) is 0 Å². The summed E-state index contributed by atoms with van der Waals surface area (Å²) in [6.45, 7) is 0. The van der Waals surface area contributed by atoms with Crippen molar-refractivity contribution in [1.82, 2.24) is 0 Å². The smallest absolute Gasteiger partial charge is 0.0674 e. The van der Waals surface area contributed by atoms with Gasteiger partial charge in [0.25, 0.3) is 0 Å². The second-order valence-electron chi connectivity index (χ2n) is 6.48. The average Bonchev–Trinajstić information content (AvgIpc) is 2.77. The van der Waals surface area contributed by atoms with Crippen LogP contribution >= 0.6 is 23.2 Å². The van der Waals surface area contributed by atoms with E-state index in [1.165, 1.54) is 21.5 Å². The van der Waals surface area contributed by atoms with E-state index in [-0.39, 0.29) is 4.57 Å². The van der Waals surface area contributed by atoms with Crippen LogP contribution in [0.4, 0.5) is 0 Å². The molecule has 27 heavy (non-hydrogen) atoms. The lowest BCUT2D eigenvalue weighted by Crippen LogP contribution is -2.33. The van der Waals surface area contributed by atoms with Crippen molar-refractivity contribution in [3.63, 3.8) is 0 Å². The summed E-state index contributed by atoms with van der Waals surface area (Å²) in [5, 5.41) is 4.15. The quantitative estimate of drug-likeness (QED) is 0.265. The normalized spacial score (nSPS) is 12.5. The summed E-state index contributed by atoms with van der Waals surface area (Å²) in [6.07, 6.45) is 0. The van der Waals surface area contributed by atoms with Gasteiger partial charge in [0.1, 0.15) is 0 Å². The highest BCUT2D eigenvalue weighted by molar-refractivity contribution is 9.10. The van der Waals surface area contributed by atoms with Crippen molar-refractivity contribution in [3.8, 4) is 0 Å². The van der Waals surface area contributed by atoms with Crippen molar-refractivity contribution in [1.29, 1.82) is 0 Å². The minimum absolute atomic E-state index is 0.193. The number of hydrogen-bond donors (Lipinski definition) is 0. The van der Waals surface area contributed by atoms with Gasteiger partial charge in [0.15, 0.2) is 0 Å². The van der Waals surface area contributed by atoms with Crippen LogP contribution in [0.5, 0.6) is 0 Å². The van der Waals surface area contributed by atoms with Crippen molar-refractivity contribution >= 4 is 39.1 Å². The lowest BCUT2D eigenvalue weighted by molar-refractivity contribution is 1.37. The molecule has 1 radical (unpaired) electrons. The van der Waals surface area contributed by atoms with E-state index in [4.69, 9.17) is 0 Å². The van der Waals surface area contributed by atoms with E-state index in [1.54, 1.807) is 0 Å². The van der Waals surface area contributed by atoms with Crippen molar-refractivity contribution in [2.24, 2.45) is 0 Å². The first-order chi connectivity index (χ1) is 13.3. The van der Waals surface area contributed by atoms with Crippen LogP contribution < -0.4 is 15.9 Å². The van der Waals surface area contributed by atoms with E-state index >= 15 is 0 Å². The van der Waals surface area contributed by atoms with Crippen molar-refractivity contribution in [3.05, 3.63) is 127 Å². The molecule has 1 atom stereocenters. The minimum atomic E-state index is -1.95. The van der Waals surface area contributed by atoms with Crippen molar-refractivity contribution < 1.29 is 0 Å². The topological polar surface area (TPSA) is 0 Å². The van der Waals surface area contributed by atoms with Gasteiger partial charge in [-0.2, -0.15) is 0 Å². The van der Waals surface area contributed by atoms with Crippen molar-refractivity contribution in [2.45, 2.75) is 4.57 Å². The second-order valence-corrected chi connectivity index (χ2v) is 11.6. The molecule has 0 fully saturated rings. The van der Waals surface area contributed by atoms with E-state index in [0.717, 1.165) is 0 Å². The van der Waals surface area contributed by atoms with Gasteiger partial charge in [0.05, 0.1) is 4.57 Å². The Kier molecular flexibility index (Phi) is 5.53. The number of halogens is 1. The standard InChI is InChI=1S/C25H21BrP/c26-25(21-13-5-1-6-14-21)27(22-15-7-2-8-16-22,23-17-9-3-10-18-23)24-19-11-4-12-20-24/h1-20,25H. The lowest BCUT2D eigenvalue weighted by Gasteiger charge is -2.42. The zero-order chi connectivity index (χ0) is 18.5. The summed E-state index contributed by atoms with van der Waals surface area (Å²) in [4.78, 5) is 0. The Hall–Kier alpha value is -2.21. The molecule has 133 valence electrons. The van der Waals surface area contributed by atoms with E-state index in [9.17, 15) is 0 Å². The first-order valence-electron chi connectivity index (χ1n) is 9.08. The van der Waals surface area contributed by atoms with Crippen LogP contribution in [0.3, 0.4) is 0 Å². The van der Waals surface area contributed by atoms with Gasteiger partial charge in [0, 0.05) is 0 Å². The highest BCUT2D eigenvalue weighted by Gasteiger charge is 2.41. The highest BCUT2D eigenvalue weighted by Crippen LogP contribution is 2.69. The Balaban J connectivity index is 2.07. The molecule has 4 aromatic carbocycles. The third-order valence-corrected chi connectivity index (χ3v) is 11.6. The fraction of sp³-hybridized carbons (Fsp3) is 0.0400. The molecule has 4 aromatic rings. The number of rotatable bonds is 5. The van der Waals surface area contributed by atoms with Crippen LogP contribution in [-0.2, 0) is 0 Å². The molecule has 0 heterocycles. The van der Waals surface area contributed by atoms with Crippen LogP contribution in [0.1, 0.15) is 10.1 Å². The number of benzene rings is 4.